The summed E-state index contributed by atoms with van der Waals surface area (Å²) >= 11 is 6.05. The van der Waals surface area contributed by atoms with E-state index in [0.717, 1.165) is 4.31 Å². The highest BCUT2D eigenvalue weighted by Crippen LogP contribution is 2.29. The highest BCUT2D eigenvalue weighted by atomic mass is 35.5. The number of sulfonamides is 1. The van der Waals surface area contributed by atoms with E-state index in [-0.39, 0.29) is 23.1 Å². The predicted molar refractivity (Wildman–Crippen MR) is 109 cm³/mol. The summed E-state index contributed by atoms with van der Waals surface area (Å²) < 4.78 is 36.2. The normalized spacial score (nSPS) is 11.2. The summed E-state index contributed by atoms with van der Waals surface area (Å²) in [6.45, 7) is -0.0373. The highest BCUT2D eigenvalue weighted by Gasteiger charge is 2.23. The molecule has 2 N–H and O–H groups in total. The molecule has 0 aliphatic rings. The Balaban J connectivity index is 2.11. The van der Waals surface area contributed by atoms with Crippen LogP contribution in [0.4, 0.5) is 11.4 Å². The van der Waals surface area contributed by atoms with E-state index in [4.69, 9.17) is 21.1 Å². The molecule has 0 atom stereocenters. The van der Waals surface area contributed by atoms with E-state index in [1.807, 2.05) is 0 Å². The zero-order valence-electron chi connectivity index (χ0n) is 15.9. The summed E-state index contributed by atoms with van der Waals surface area (Å²) in [5.74, 6) is 0.368. The van der Waals surface area contributed by atoms with Crippen LogP contribution in [0.25, 0.3) is 0 Å². The van der Waals surface area contributed by atoms with Gasteiger partial charge in [0.25, 0.3) is 0 Å². The number of hydrogen-bond acceptors (Lipinski definition) is 6. The van der Waals surface area contributed by atoms with E-state index >= 15 is 0 Å². The molecule has 0 heterocycles. The lowest BCUT2D eigenvalue weighted by Gasteiger charge is -2.16. The fraction of sp³-hybridized carbons (Fsp3) is 0.278. The number of hydrogen-bond donors (Lipinski definition) is 2. The van der Waals surface area contributed by atoms with Gasteiger partial charge in [0.05, 0.1) is 25.8 Å². The number of carbonyl (C=O) groups excluding carboxylic acids is 1. The molecule has 2 rings (SSSR count). The number of carbonyl (C=O) groups is 1. The topological polar surface area (TPSA) is 97.0 Å². The minimum atomic E-state index is -3.73. The Morgan fingerprint density at radius 1 is 1.04 bits per heavy atom. The fourth-order valence-electron chi connectivity index (χ4n) is 2.32. The molecule has 0 bridgehead atoms. The number of methoxy groups -OCH3 is 2. The number of benzene rings is 2. The molecular formula is C18H22ClN3O5S. The van der Waals surface area contributed by atoms with Gasteiger partial charge in [0, 0.05) is 25.5 Å². The highest BCUT2D eigenvalue weighted by molar-refractivity contribution is 7.89. The second-order valence-corrected chi connectivity index (χ2v) is 8.43. The maximum Gasteiger partial charge on any atom is 0.246 e. The molecule has 2 aromatic rings. The van der Waals surface area contributed by atoms with Crippen molar-refractivity contribution in [2.45, 2.75) is 4.90 Å². The van der Waals surface area contributed by atoms with E-state index in [0.29, 0.717) is 22.1 Å². The molecule has 0 fully saturated rings. The van der Waals surface area contributed by atoms with Crippen molar-refractivity contribution in [3.8, 4) is 11.5 Å². The minimum Gasteiger partial charge on any atom is -0.495 e. The van der Waals surface area contributed by atoms with Gasteiger partial charge in [-0.05, 0) is 36.4 Å². The first-order valence-corrected chi connectivity index (χ1v) is 9.98. The average molecular weight is 428 g/mol. The van der Waals surface area contributed by atoms with E-state index in [2.05, 4.69) is 10.6 Å². The molecule has 28 heavy (non-hydrogen) atoms. The molecule has 0 aliphatic heterocycles. The van der Waals surface area contributed by atoms with Crippen molar-refractivity contribution < 1.29 is 22.7 Å². The maximum absolute atomic E-state index is 12.4. The third-order valence-electron chi connectivity index (χ3n) is 3.81. The summed E-state index contributed by atoms with van der Waals surface area (Å²) in [5, 5.41) is 6.01. The Bertz CT molecular complexity index is 964. The number of amides is 1. The molecule has 0 spiro atoms. The van der Waals surface area contributed by atoms with Crippen molar-refractivity contribution in [3.05, 3.63) is 41.4 Å². The quantitative estimate of drug-likeness (QED) is 0.672. The summed E-state index contributed by atoms with van der Waals surface area (Å²) in [4.78, 5) is 12.2. The third-order valence-corrected chi connectivity index (χ3v) is 5.94. The van der Waals surface area contributed by atoms with Crippen LogP contribution in [0.2, 0.25) is 5.02 Å². The lowest BCUT2D eigenvalue weighted by molar-refractivity contribution is -0.114. The van der Waals surface area contributed by atoms with Crippen molar-refractivity contribution in [2.24, 2.45) is 0 Å². The third kappa shape index (κ3) is 5.06. The van der Waals surface area contributed by atoms with Crippen molar-refractivity contribution >= 4 is 38.9 Å². The summed E-state index contributed by atoms with van der Waals surface area (Å²) in [5.41, 5.74) is 0.979. The molecule has 0 aromatic heterocycles. The van der Waals surface area contributed by atoms with Gasteiger partial charge in [-0.25, -0.2) is 12.7 Å². The summed E-state index contributed by atoms with van der Waals surface area (Å²) in [6.07, 6.45) is 0. The van der Waals surface area contributed by atoms with E-state index < -0.39 is 10.0 Å². The monoisotopic (exact) mass is 427 g/mol. The Morgan fingerprint density at radius 3 is 2.21 bits per heavy atom. The van der Waals surface area contributed by atoms with Crippen LogP contribution in [0, 0.1) is 0 Å². The summed E-state index contributed by atoms with van der Waals surface area (Å²) in [7, 11) is 2.01. The van der Waals surface area contributed by atoms with Crippen LogP contribution in [-0.4, -0.2) is 53.5 Å². The number of nitrogens with zero attached hydrogens (tertiary/aromatic N) is 1. The van der Waals surface area contributed by atoms with Crippen LogP contribution in [0.15, 0.2) is 41.3 Å². The van der Waals surface area contributed by atoms with Crippen LogP contribution in [0.1, 0.15) is 0 Å². The van der Waals surface area contributed by atoms with Gasteiger partial charge in [-0.15, -0.1) is 0 Å². The van der Waals surface area contributed by atoms with Gasteiger partial charge < -0.3 is 20.1 Å². The zero-order chi connectivity index (χ0) is 20.9. The number of ether oxygens (including phenoxy) is 2. The molecule has 8 nitrogen and oxygen atoms in total. The largest absolute Gasteiger partial charge is 0.495 e. The van der Waals surface area contributed by atoms with Crippen LogP contribution < -0.4 is 20.1 Å². The Labute approximate surface area is 169 Å². The number of rotatable bonds is 8. The Hall–Kier alpha value is -2.49. The van der Waals surface area contributed by atoms with E-state index in [1.165, 1.54) is 40.4 Å². The van der Waals surface area contributed by atoms with Gasteiger partial charge in [0.2, 0.25) is 15.9 Å². The van der Waals surface area contributed by atoms with Crippen LogP contribution in [0.3, 0.4) is 0 Å². The maximum atomic E-state index is 12.4. The van der Waals surface area contributed by atoms with Gasteiger partial charge in [0.1, 0.15) is 16.4 Å². The van der Waals surface area contributed by atoms with Gasteiger partial charge in [0.15, 0.2) is 0 Å². The first-order valence-electron chi connectivity index (χ1n) is 8.17. The number of nitrogens with one attached hydrogen (secondary N) is 2. The molecule has 0 radical (unpaired) electrons. The summed E-state index contributed by atoms with van der Waals surface area (Å²) in [6, 6.07) is 9.47. The smallest absolute Gasteiger partial charge is 0.246 e. The van der Waals surface area contributed by atoms with E-state index in [1.54, 1.807) is 24.3 Å². The average Bonchev–Trinajstić information content (AvgIpc) is 2.66. The fourth-order valence-corrected chi connectivity index (χ4v) is 3.65. The van der Waals surface area contributed by atoms with Crippen LogP contribution in [0.5, 0.6) is 11.5 Å². The second-order valence-electron chi connectivity index (χ2n) is 5.90. The van der Waals surface area contributed by atoms with Gasteiger partial charge in [-0.1, -0.05) is 11.6 Å². The van der Waals surface area contributed by atoms with Crippen LogP contribution >= 0.6 is 11.6 Å². The number of anilines is 2. The van der Waals surface area contributed by atoms with Gasteiger partial charge in [-0.3, -0.25) is 4.79 Å². The first-order chi connectivity index (χ1) is 13.2. The van der Waals surface area contributed by atoms with E-state index in [9.17, 15) is 13.2 Å². The standard InChI is InChI=1S/C18H22ClN3O5S/c1-22(2)28(24,25)17-10-13(6-8-16(17)27-4)21-18(23)11-20-12-5-7-15(26-3)14(19)9-12/h5-10,20H,11H2,1-4H3,(H,21,23). The molecule has 152 valence electrons. The van der Waals surface area contributed by atoms with Crippen LogP contribution in [-0.2, 0) is 14.8 Å². The van der Waals surface area contributed by atoms with Crippen molar-refractivity contribution in [2.75, 3.05) is 45.5 Å². The zero-order valence-corrected chi connectivity index (χ0v) is 17.5. The molecule has 1 amide bonds. The molecule has 0 saturated heterocycles. The Morgan fingerprint density at radius 2 is 1.64 bits per heavy atom. The van der Waals surface area contributed by atoms with Gasteiger partial charge >= 0.3 is 0 Å². The lowest BCUT2D eigenvalue weighted by Crippen LogP contribution is -2.24. The molecule has 2 aromatic carbocycles. The van der Waals surface area contributed by atoms with Crippen molar-refractivity contribution in [1.82, 2.24) is 4.31 Å². The molecule has 10 heteroatoms. The number of halogens is 1. The molecule has 0 saturated carbocycles. The van der Waals surface area contributed by atoms with Crippen molar-refractivity contribution in [3.63, 3.8) is 0 Å². The lowest BCUT2D eigenvalue weighted by atomic mass is 10.3. The Kier molecular flexibility index (Phi) is 7.11. The molecule has 0 unspecified atom stereocenters. The van der Waals surface area contributed by atoms with Crippen molar-refractivity contribution in [1.29, 1.82) is 0 Å². The first kappa shape index (κ1) is 21.8. The second kappa shape index (κ2) is 9.13. The molecular weight excluding hydrogens is 406 g/mol. The van der Waals surface area contributed by atoms with Gasteiger partial charge in [-0.2, -0.15) is 0 Å². The predicted octanol–water partition coefficient (Wildman–Crippen LogP) is 2.66. The SMILES string of the molecule is COc1ccc(NCC(=O)Nc2ccc(OC)c(S(=O)(=O)N(C)C)c2)cc1Cl. The minimum absolute atomic E-state index is 0.0345. The molecule has 0 aliphatic carbocycles.